The largest absolute Gasteiger partial charge is 0.435 e. The van der Waals surface area contributed by atoms with Crippen LogP contribution in [0.2, 0.25) is 0 Å². The number of halogens is 2. The second-order valence-corrected chi connectivity index (χ2v) is 2.84. The summed E-state index contributed by atoms with van der Waals surface area (Å²) in [6.45, 7) is -2.82. The first kappa shape index (κ1) is 11.5. The van der Waals surface area contributed by atoms with Crippen molar-refractivity contribution in [3.8, 4) is 18.1 Å². The average molecular weight is 211 g/mol. The fraction of sp³-hybridized carbons (Fsp3) is 0.273. The predicted molar refractivity (Wildman–Crippen MR) is 53.7 cm³/mol. The van der Waals surface area contributed by atoms with Crippen LogP contribution in [0.4, 0.5) is 8.78 Å². The average Bonchev–Trinajstić information content (AvgIpc) is 2.19. The van der Waals surface area contributed by atoms with Gasteiger partial charge in [-0.3, -0.25) is 0 Å². The Labute approximate surface area is 87.2 Å². The zero-order valence-electron chi connectivity index (χ0n) is 8.21. The minimum absolute atomic E-state index is 0.109. The van der Waals surface area contributed by atoms with Crippen molar-refractivity contribution in [1.82, 2.24) is 5.32 Å². The molecule has 1 N–H and O–H groups in total. The van der Waals surface area contributed by atoms with Crippen molar-refractivity contribution < 1.29 is 13.5 Å². The maximum atomic E-state index is 11.9. The Bertz CT molecular complexity index is 360. The summed E-state index contributed by atoms with van der Waals surface area (Å²) in [6.07, 6.45) is 5.27. The monoisotopic (exact) mass is 211 g/mol. The van der Waals surface area contributed by atoms with Gasteiger partial charge in [0.15, 0.2) is 0 Å². The summed E-state index contributed by atoms with van der Waals surface area (Å²) >= 11 is 0. The van der Waals surface area contributed by atoms with E-state index in [1.807, 2.05) is 0 Å². The van der Waals surface area contributed by atoms with Gasteiger partial charge >= 0.3 is 6.61 Å². The summed E-state index contributed by atoms with van der Waals surface area (Å²) in [7, 11) is 1.70. The van der Waals surface area contributed by atoms with Gasteiger partial charge in [0.1, 0.15) is 5.75 Å². The van der Waals surface area contributed by atoms with Gasteiger partial charge in [0.25, 0.3) is 0 Å². The molecular weight excluding hydrogens is 200 g/mol. The first-order chi connectivity index (χ1) is 7.17. The highest BCUT2D eigenvalue weighted by Gasteiger charge is 2.08. The Morgan fingerprint density at radius 2 is 2.20 bits per heavy atom. The lowest BCUT2D eigenvalue weighted by Crippen LogP contribution is -2.14. The Kier molecular flexibility index (Phi) is 4.07. The molecule has 0 fully saturated rings. The first-order valence-corrected chi connectivity index (χ1v) is 4.35. The fourth-order valence-corrected chi connectivity index (χ4v) is 1.22. The lowest BCUT2D eigenvalue weighted by molar-refractivity contribution is -0.0498. The van der Waals surface area contributed by atoms with E-state index in [1.165, 1.54) is 12.1 Å². The lowest BCUT2D eigenvalue weighted by atomic mass is 10.1. The van der Waals surface area contributed by atoms with Gasteiger partial charge in [0, 0.05) is 0 Å². The van der Waals surface area contributed by atoms with Crippen LogP contribution >= 0.6 is 0 Å². The maximum Gasteiger partial charge on any atom is 0.387 e. The summed E-state index contributed by atoms with van der Waals surface area (Å²) in [5, 5.41) is 2.87. The molecule has 0 radical (unpaired) electrons. The molecule has 0 amide bonds. The Morgan fingerprint density at radius 1 is 1.47 bits per heavy atom. The molecule has 0 aliphatic rings. The van der Waals surface area contributed by atoms with Gasteiger partial charge in [-0.05, 0) is 24.7 Å². The highest BCUT2D eigenvalue weighted by atomic mass is 19.3. The van der Waals surface area contributed by atoms with Crippen molar-refractivity contribution in [2.45, 2.75) is 12.7 Å². The third-order valence-electron chi connectivity index (χ3n) is 1.87. The van der Waals surface area contributed by atoms with Gasteiger partial charge < -0.3 is 10.1 Å². The molecule has 80 valence electrons. The predicted octanol–water partition coefficient (Wildman–Crippen LogP) is 2.18. The molecule has 1 aromatic carbocycles. The van der Waals surface area contributed by atoms with Crippen LogP contribution in [-0.2, 0) is 0 Å². The molecular formula is C11H11F2NO. The van der Waals surface area contributed by atoms with Crippen LogP contribution < -0.4 is 10.1 Å². The quantitative estimate of drug-likeness (QED) is 0.771. The second kappa shape index (κ2) is 5.32. The van der Waals surface area contributed by atoms with E-state index in [0.29, 0.717) is 0 Å². The van der Waals surface area contributed by atoms with Gasteiger partial charge in [-0.15, -0.1) is 6.42 Å². The summed E-state index contributed by atoms with van der Waals surface area (Å²) in [5.41, 5.74) is 0.721. The van der Waals surface area contributed by atoms with Crippen molar-refractivity contribution >= 4 is 0 Å². The molecule has 4 heteroatoms. The topological polar surface area (TPSA) is 21.3 Å². The zero-order valence-corrected chi connectivity index (χ0v) is 8.21. The number of alkyl halides is 2. The zero-order chi connectivity index (χ0) is 11.3. The number of ether oxygens (including phenoxy) is 1. The molecule has 0 heterocycles. The normalized spacial score (nSPS) is 12.2. The number of nitrogens with one attached hydrogen (secondary N) is 1. The molecule has 0 bridgehead atoms. The van der Waals surface area contributed by atoms with Gasteiger partial charge in [0.2, 0.25) is 0 Å². The SMILES string of the molecule is C#CC(NC)c1cccc(OC(F)F)c1. The molecule has 15 heavy (non-hydrogen) atoms. The van der Waals surface area contributed by atoms with E-state index in [-0.39, 0.29) is 11.8 Å². The van der Waals surface area contributed by atoms with E-state index in [2.05, 4.69) is 16.0 Å². The standard InChI is InChI=1S/C11H11F2NO/c1-3-10(14-2)8-5-4-6-9(7-8)15-11(12)13/h1,4-7,10-11,14H,2H3. The van der Waals surface area contributed by atoms with Crippen molar-refractivity contribution in [1.29, 1.82) is 0 Å². The van der Waals surface area contributed by atoms with Crippen LogP contribution in [0.15, 0.2) is 24.3 Å². The van der Waals surface area contributed by atoms with Crippen LogP contribution in [0.3, 0.4) is 0 Å². The number of hydrogen-bond acceptors (Lipinski definition) is 2. The molecule has 1 unspecified atom stereocenters. The van der Waals surface area contributed by atoms with Crippen LogP contribution in [-0.4, -0.2) is 13.7 Å². The minimum Gasteiger partial charge on any atom is -0.435 e. The number of rotatable bonds is 4. The van der Waals surface area contributed by atoms with Crippen molar-refractivity contribution in [3.63, 3.8) is 0 Å². The summed E-state index contributed by atoms with van der Waals surface area (Å²) in [4.78, 5) is 0. The van der Waals surface area contributed by atoms with E-state index in [4.69, 9.17) is 6.42 Å². The smallest absolute Gasteiger partial charge is 0.387 e. The molecule has 1 atom stereocenters. The van der Waals surface area contributed by atoms with E-state index in [0.717, 1.165) is 5.56 Å². The highest BCUT2D eigenvalue weighted by molar-refractivity contribution is 5.33. The van der Waals surface area contributed by atoms with Crippen molar-refractivity contribution in [3.05, 3.63) is 29.8 Å². The highest BCUT2D eigenvalue weighted by Crippen LogP contribution is 2.20. The first-order valence-electron chi connectivity index (χ1n) is 4.35. The molecule has 0 saturated heterocycles. The number of terminal acetylenes is 1. The van der Waals surface area contributed by atoms with E-state index in [9.17, 15) is 8.78 Å². The van der Waals surface area contributed by atoms with Gasteiger partial charge in [0.05, 0.1) is 6.04 Å². The summed E-state index contributed by atoms with van der Waals surface area (Å²) < 4.78 is 28.1. The number of benzene rings is 1. The molecule has 0 aliphatic heterocycles. The van der Waals surface area contributed by atoms with Crippen molar-refractivity contribution in [2.75, 3.05) is 7.05 Å². The van der Waals surface area contributed by atoms with Crippen LogP contribution in [0.1, 0.15) is 11.6 Å². The molecule has 0 spiro atoms. The van der Waals surface area contributed by atoms with Crippen LogP contribution in [0, 0.1) is 12.3 Å². The Hall–Kier alpha value is -1.60. The lowest BCUT2D eigenvalue weighted by Gasteiger charge is -2.11. The van der Waals surface area contributed by atoms with E-state index < -0.39 is 6.61 Å². The molecule has 1 rings (SSSR count). The molecule has 0 aliphatic carbocycles. The van der Waals surface area contributed by atoms with Gasteiger partial charge in [-0.1, -0.05) is 18.1 Å². The molecule has 1 aromatic rings. The molecule has 0 aromatic heterocycles. The summed E-state index contributed by atoms with van der Waals surface area (Å²) in [6, 6.07) is 6.02. The third-order valence-corrected chi connectivity index (χ3v) is 1.87. The Morgan fingerprint density at radius 3 is 2.73 bits per heavy atom. The van der Waals surface area contributed by atoms with E-state index >= 15 is 0 Å². The second-order valence-electron chi connectivity index (χ2n) is 2.84. The molecule has 0 saturated carbocycles. The van der Waals surface area contributed by atoms with Crippen LogP contribution in [0.5, 0.6) is 5.75 Å². The molecule has 2 nitrogen and oxygen atoms in total. The third kappa shape index (κ3) is 3.22. The summed E-state index contributed by atoms with van der Waals surface area (Å²) in [5.74, 6) is 2.60. The maximum absolute atomic E-state index is 11.9. The van der Waals surface area contributed by atoms with Gasteiger partial charge in [-0.2, -0.15) is 8.78 Å². The number of hydrogen-bond donors (Lipinski definition) is 1. The van der Waals surface area contributed by atoms with Gasteiger partial charge in [-0.25, -0.2) is 0 Å². The minimum atomic E-state index is -2.82. The van der Waals surface area contributed by atoms with Crippen LogP contribution in [0.25, 0.3) is 0 Å². The fourth-order valence-electron chi connectivity index (χ4n) is 1.22. The van der Waals surface area contributed by atoms with E-state index in [1.54, 1.807) is 19.2 Å². The van der Waals surface area contributed by atoms with Crippen molar-refractivity contribution in [2.24, 2.45) is 0 Å². The Balaban J connectivity index is 2.87.